The van der Waals surface area contributed by atoms with E-state index < -0.39 is 0 Å². The number of halogens is 1. The van der Waals surface area contributed by atoms with Gasteiger partial charge in [0.25, 0.3) is 0 Å². The predicted molar refractivity (Wildman–Crippen MR) is 87.9 cm³/mol. The molecule has 1 rings (SSSR count). The third kappa shape index (κ3) is 4.79. The minimum atomic E-state index is 0.478. The number of hydrogen-bond donors (Lipinski definition) is 1. The molecule has 0 saturated heterocycles. The number of nitrogens with two attached hydrogens (primary N) is 1. The van der Waals surface area contributed by atoms with Gasteiger partial charge in [-0.05, 0) is 58.6 Å². The molecule has 0 aliphatic rings. The van der Waals surface area contributed by atoms with Crippen LogP contribution in [0.1, 0.15) is 19.4 Å². The molecule has 1 aromatic carbocycles. The van der Waals surface area contributed by atoms with Crippen molar-refractivity contribution in [1.29, 1.82) is 0 Å². The summed E-state index contributed by atoms with van der Waals surface area (Å²) < 4.78 is 1.12. The quantitative estimate of drug-likeness (QED) is 0.835. The van der Waals surface area contributed by atoms with Crippen molar-refractivity contribution in [1.82, 2.24) is 4.90 Å². The van der Waals surface area contributed by atoms with Gasteiger partial charge in [0, 0.05) is 29.3 Å². The van der Waals surface area contributed by atoms with Gasteiger partial charge in [-0.15, -0.1) is 0 Å². The number of likely N-dealkylation sites (N-methyl/N-ethyl adjacent to an activating group) is 2. The second-order valence-corrected chi connectivity index (χ2v) is 6.12. The molecule has 1 unspecified atom stereocenters. The molecule has 0 aromatic heterocycles. The molecule has 3 nitrogen and oxygen atoms in total. The van der Waals surface area contributed by atoms with Crippen molar-refractivity contribution >= 4 is 21.6 Å². The largest absolute Gasteiger partial charge is 0.368 e. The Hall–Kier alpha value is -0.580. The zero-order chi connectivity index (χ0) is 14.4. The molecule has 2 N–H and O–H groups in total. The molecule has 0 aliphatic heterocycles. The van der Waals surface area contributed by atoms with E-state index in [2.05, 4.69) is 71.9 Å². The number of nitrogens with zero attached hydrogens (tertiary/aromatic N) is 2. The molecule has 0 aliphatic carbocycles. The fourth-order valence-electron chi connectivity index (χ4n) is 2.52. The first-order chi connectivity index (χ1) is 8.99. The highest BCUT2D eigenvalue weighted by Crippen LogP contribution is 2.27. The van der Waals surface area contributed by atoms with Crippen LogP contribution in [-0.4, -0.2) is 44.7 Å². The summed E-state index contributed by atoms with van der Waals surface area (Å²) in [5, 5.41) is 0. The van der Waals surface area contributed by atoms with Gasteiger partial charge in [-0.2, -0.15) is 0 Å². The lowest BCUT2D eigenvalue weighted by Crippen LogP contribution is -2.40. The Balaban J connectivity index is 3.04. The lowest BCUT2D eigenvalue weighted by molar-refractivity contribution is 0.372. The van der Waals surface area contributed by atoms with Gasteiger partial charge in [-0.1, -0.05) is 22.0 Å². The first-order valence-corrected chi connectivity index (χ1v) is 7.68. The van der Waals surface area contributed by atoms with Crippen LogP contribution in [0, 0.1) is 0 Å². The SMILES string of the molecule is CCN(c1cc(Br)ccc1CCN)C(C)CN(C)C. The molecule has 0 amide bonds. The summed E-state index contributed by atoms with van der Waals surface area (Å²) in [5.74, 6) is 0. The van der Waals surface area contributed by atoms with Crippen molar-refractivity contribution < 1.29 is 0 Å². The van der Waals surface area contributed by atoms with E-state index in [4.69, 9.17) is 5.73 Å². The maximum Gasteiger partial charge on any atom is 0.0413 e. The fraction of sp³-hybridized carbons (Fsp3) is 0.600. The lowest BCUT2D eigenvalue weighted by Gasteiger charge is -2.33. The van der Waals surface area contributed by atoms with Gasteiger partial charge >= 0.3 is 0 Å². The number of hydrogen-bond acceptors (Lipinski definition) is 3. The molecule has 0 spiro atoms. The average Bonchev–Trinajstić information content (AvgIpc) is 2.32. The zero-order valence-electron chi connectivity index (χ0n) is 12.5. The van der Waals surface area contributed by atoms with Crippen LogP contribution in [0.5, 0.6) is 0 Å². The van der Waals surface area contributed by atoms with Gasteiger partial charge in [0.05, 0.1) is 0 Å². The Morgan fingerprint density at radius 1 is 1.32 bits per heavy atom. The Morgan fingerprint density at radius 3 is 2.53 bits per heavy atom. The van der Waals surface area contributed by atoms with Gasteiger partial charge in [0.1, 0.15) is 0 Å². The first kappa shape index (κ1) is 16.5. The minimum Gasteiger partial charge on any atom is -0.368 e. The van der Waals surface area contributed by atoms with Crippen LogP contribution < -0.4 is 10.6 Å². The monoisotopic (exact) mass is 327 g/mol. The van der Waals surface area contributed by atoms with E-state index in [1.54, 1.807) is 0 Å². The molecule has 0 bridgehead atoms. The molecule has 4 heteroatoms. The van der Waals surface area contributed by atoms with Gasteiger partial charge in [-0.3, -0.25) is 0 Å². The molecule has 19 heavy (non-hydrogen) atoms. The van der Waals surface area contributed by atoms with Gasteiger partial charge in [-0.25, -0.2) is 0 Å². The third-order valence-corrected chi connectivity index (χ3v) is 3.77. The Labute approximate surface area is 125 Å². The number of rotatable bonds is 7. The lowest BCUT2D eigenvalue weighted by atomic mass is 10.1. The Kier molecular flexibility index (Phi) is 6.83. The summed E-state index contributed by atoms with van der Waals surface area (Å²) in [6.45, 7) is 7.22. The second kappa shape index (κ2) is 7.88. The van der Waals surface area contributed by atoms with Gasteiger partial charge < -0.3 is 15.5 Å². The summed E-state index contributed by atoms with van der Waals surface area (Å²) in [7, 11) is 4.23. The predicted octanol–water partition coefficient (Wildman–Crippen LogP) is 2.73. The Morgan fingerprint density at radius 2 is 2.00 bits per heavy atom. The average molecular weight is 328 g/mol. The van der Waals surface area contributed by atoms with Crippen LogP contribution >= 0.6 is 15.9 Å². The normalized spacial score (nSPS) is 12.8. The highest BCUT2D eigenvalue weighted by molar-refractivity contribution is 9.10. The smallest absolute Gasteiger partial charge is 0.0413 e. The van der Waals surface area contributed by atoms with Crippen LogP contribution in [0.25, 0.3) is 0 Å². The van der Waals surface area contributed by atoms with E-state index in [1.807, 2.05) is 0 Å². The standard InChI is InChI=1S/C15H26BrN3/c1-5-19(12(2)11-18(3)4)15-10-14(16)7-6-13(15)8-9-17/h6-7,10,12H,5,8-9,11,17H2,1-4H3. The maximum absolute atomic E-state index is 5.73. The molecule has 1 aromatic rings. The molecular formula is C15H26BrN3. The topological polar surface area (TPSA) is 32.5 Å². The van der Waals surface area contributed by atoms with Crippen molar-refractivity contribution in [3.63, 3.8) is 0 Å². The van der Waals surface area contributed by atoms with Crippen molar-refractivity contribution in [2.45, 2.75) is 26.3 Å². The van der Waals surface area contributed by atoms with Crippen LogP contribution in [0.15, 0.2) is 22.7 Å². The highest BCUT2D eigenvalue weighted by Gasteiger charge is 2.16. The zero-order valence-corrected chi connectivity index (χ0v) is 14.1. The molecule has 0 fully saturated rings. The van der Waals surface area contributed by atoms with Crippen LogP contribution in [0.4, 0.5) is 5.69 Å². The summed E-state index contributed by atoms with van der Waals surface area (Å²) in [6.07, 6.45) is 0.924. The van der Waals surface area contributed by atoms with E-state index in [0.29, 0.717) is 12.6 Å². The van der Waals surface area contributed by atoms with E-state index in [-0.39, 0.29) is 0 Å². The molecule has 0 saturated carbocycles. The minimum absolute atomic E-state index is 0.478. The third-order valence-electron chi connectivity index (χ3n) is 3.27. The van der Waals surface area contributed by atoms with E-state index in [9.17, 15) is 0 Å². The Bertz CT molecular complexity index is 393. The van der Waals surface area contributed by atoms with E-state index in [1.165, 1.54) is 11.3 Å². The summed E-state index contributed by atoms with van der Waals surface area (Å²) in [4.78, 5) is 4.68. The fourth-order valence-corrected chi connectivity index (χ4v) is 2.87. The van der Waals surface area contributed by atoms with Crippen molar-refractivity contribution in [2.75, 3.05) is 38.6 Å². The molecular weight excluding hydrogens is 302 g/mol. The molecule has 0 heterocycles. The van der Waals surface area contributed by atoms with Gasteiger partial charge in [0.2, 0.25) is 0 Å². The van der Waals surface area contributed by atoms with Gasteiger partial charge in [0.15, 0.2) is 0 Å². The number of benzene rings is 1. The van der Waals surface area contributed by atoms with Crippen molar-refractivity contribution in [3.05, 3.63) is 28.2 Å². The summed E-state index contributed by atoms with van der Waals surface area (Å²) in [5.41, 5.74) is 8.36. The molecule has 108 valence electrons. The van der Waals surface area contributed by atoms with Crippen LogP contribution in [-0.2, 0) is 6.42 Å². The van der Waals surface area contributed by atoms with E-state index in [0.717, 1.165) is 24.0 Å². The highest BCUT2D eigenvalue weighted by atomic mass is 79.9. The van der Waals surface area contributed by atoms with E-state index >= 15 is 0 Å². The summed E-state index contributed by atoms with van der Waals surface area (Å²) >= 11 is 3.58. The molecule has 1 atom stereocenters. The molecule has 0 radical (unpaired) electrons. The second-order valence-electron chi connectivity index (χ2n) is 5.21. The first-order valence-electron chi connectivity index (χ1n) is 6.89. The number of anilines is 1. The summed E-state index contributed by atoms with van der Waals surface area (Å²) in [6, 6.07) is 6.96. The maximum atomic E-state index is 5.73. The van der Waals surface area contributed by atoms with Crippen LogP contribution in [0.2, 0.25) is 0 Å². The van der Waals surface area contributed by atoms with Crippen molar-refractivity contribution in [2.24, 2.45) is 5.73 Å². The van der Waals surface area contributed by atoms with Crippen molar-refractivity contribution in [3.8, 4) is 0 Å². The van der Waals surface area contributed by atoms with Crippen LogP contribution in [0.3, 0.4) is 0 Å².